The minimum Gasteiger partial charge on any atom is -0.327 e. The third-order valence-corrected chi connectivity index (χ3v) is 4.38. The van der Waals surface area contributed by atoms with Crippen LogP contribution in [0.4, 0.5) is 4.39 Å². The average molecular weight is 325 g/mol. The molecule has 3 nitrogen and oxygen atoms in total. The summed E-state index contributed by atoms with van der Waals surface area (Å²) in [7, 11) is 0. The Bertz CT molecular complexity index is 807. The Balaban J connectivity index is 1.74. The van der Waals surface area contributed by atoms with Crippen LogP contribution in [0.3, 0.4) is 0 Å². The summed E-state index contributed by atoms with van der Waals surface area (Å²) in [6.07, 6.45) is 0.858. The van der Waals surface area contributed by atoms with Crippen molar-refractivity contribution < 1.29 is 4.39 Å². The maximum Gasteiger partial charge on any atom is 0.126 e. The molecule has 0 aliphatic carbocycles. The largest absolute Gasteiger partial charge is 0.327 e. The standard InChI is InChI=1S/C20H24FN3/c1-4-24-19-8-6-5-7-18(19)23-20(24)15(3)22-14(2)13-16-9-11-17(21)12-10-16/h5-12,14-15,22H,4,13H2,1-3H3/t14-,15-/m1/s1. The topological polar surface area (TPSA) is 29.9 Å². The van der Waals surface area contributed by atoms with Crippen molar-refractivity contribution in [3.05, 3.63) is 65.7 Å². The van der Waals surface area contributed by atoms with Gasteiger partial charge in [-0.05, 0) is 57.0 Å². The number of aryl methyl sites for hydroxylation is 1. The highest BCUT2D eigenvalue weighted by molar-refractivity contribution is 5.76. The number of nitrogens with one attached hydrogen (secondary N) is 1. The zero-order chi connectivity index (χ0) is 17.1. The molecule has 2 aromatic carbocycles. The number of benzene rings is 2. The normalized spacial score (nSPS) is 14.0. The van der Waals surface area contributed by atoms with Gasteiger partial charge < -0.3 is 9.88 Å². The highest BCUT2D eigenvalue weighted by Crippen LogP contribution is 2.21. The van der Waals surface area contributed by atoms with Crippen LogP contribution in [-0.4, -0.2) is 15.6 Å². The fourth-order valence-corrected chi connectivity index (χ4v) is 3.29. The van der Waals surface area contributed by atoms with Crippen molar-refractivity contribution in [1.29, 1.82) is 0 Å². The van der Waals surface area contributed by atoms with Crippen molar-refractivity contribution in [1.82, 2.24) is 14.9 Å². The van der Waals surface area contributed by atoms with Gasteiger partial charge in [0.15, 0.2) is 0 Å². The summed E-state index contributed by atoms with van der Waals surface area (Å²) >= 11 is 0. The van der Waals surface area contributed by atoms with Crippen molar-refractivity contribution in [3.8, 4) is 0 Å². The summed E-state index contributed by atoms with van der Waals surface area (Å²) in [5, 5.41) is 3.62. The molecule has 0 saturated carbocycles. The fraction of sp³-hybridized carbons (Fsp3) is 0.350. The second-order valence-electron chi connectivity index (χ2n) is 6.32. The summed E-state index contributed by atoms with van der Waals surface area (Å²) in [6, 6.07) is 15.4. The number of fused-ring (bicyclic) bond motifs is 1. The zero-order valence-corrected chi connectivity index (χ0v) is 14.5. The Morgan fingerprint density at radius 2 is 1.79 bits per heavy atom. The van der Waals surface area contributed by atoms with Crippen LogP contribution in [0, 0.1) is 5.82 Å². The molecule has 0 aliphatic rings. The number of hydrogen-bond donors (Lipinski definition) is 1. The lowest BCUT2D eigenvalue weighted by molar-refractivity contribution is 0.450. The first-order chi connectivity index (χ1) is 11.6. The molecular formula is C20H24FN3. The summed E-state index contributed by atoms with van der Waals surface area (Å²) in [6.45, 7) is 7.34. The lowest BCUT2D eigenvalue weighted by atomic mass is 10.1. The van der Waals surface area contributed by atoms with E-state index in [0.717, 1.165) is 29.9 Å². The predicted molar refractivity (Wildman–Crippen MR) is 96.5 cm³/mol. The first kappa shape index (κ1) is 16.7. The van der Waals surface area contributed by atoms with Crippen LogP contribution >= 0.6 is 0 Å². The van der Waals surface area contributed by atoms with Crippen LogP contribution < -0.4 is 5.32 Å². The zero-order valence-electron chi connectivity index (χ0n) is 14.5. The summed E-state index contributed by atoms with van der Waals surface area (Å²) < 4.78 is 15.3. The van der Waals surface area contributed by atoms with E-state index < -0.39 is 0 Å². The first-order valence-corrected chi connectivity index (χ1v) is 8.54. The lowest BCUT2D eigenvalue weighted by Crippen LogP contribution is -2.32. The van der Waals surface area contributed by atoms with E-state index in [9.17, 15) is 4.39 Å². The van der Waals surface area contributed by atoms with E-state index >= 15 is 0 Å². The van der Waals surface area contributed by atoms with Gasteiger partial charge >= 0.3 is 0 Å². The number of hydrogen-bond acceptors (Lipinski definition) is 2. The third-order valence-electron chi connectivity index (χ3n) is 4.38. The van der Waals surface area contributed by atoms with Crippen molar-refractivity contribution >= 4 is 11.0 Å². The molecule has 3 rings (SSSR count). The van der Waals surface area contributed by atoms with Gasteiger partial charge in [0.2, 0.25) is 0 Å². The van der Waals surface area contributed by atoms with Gasteiger partial charge in [-0.15, -0.1) is 0 Å². The number of rotatable bonds is 6. The predicted octanol–water partition coefficient (Wildman–Crippen LogP) is 4.48. The van der Waals surface area contributed by atoms with E-state index in [0.29, 0.717) is 0 Å². The van der Waals surface area contributed by atoms with Crippen molar-refractivity contribution in [2.24, 2.45) is 0 Å². The molecule has 0 aliphatic heterocycles. The van der Waals surface area contributed by atoms with Crippen LogP contribution in [0.15, 0.2) is 48.5 Å². The quantitative estimate of drug-likeness (QED) is 0.724. The third kappa shape index (κ3) is 3.49. The number of para-hydroxylation sites is 2. The summed E-state index contributed by atoms with van der Waals surface area (Å²) in [4.78, 5) is 4.81. The van der Waals surface area contributed by atoms with E-state index in [-0.39, 0.29) is 17.9 Å². The highest BCUT2D eigenvalue weighted by Gasteiger charge is 2.17. The molecule has 0 radical (unpaired) electrons. The van der Waals surface area contributed by atoms with Gasteiger partial charge in [-0.2, -0.15) is 0 Å². The van der Waals surface area contributed by atoms with Crippen molar-refractivity contribution in [2.45, 2.75) is 45.8 Å². The molecule has 3 aromatic rings. The van der Waals surface area contributed by atoms with Crippen LogP contribution in [0.2, 0.25) is 0 Å². The van der Waals surface area contributed by atoms with Crippen molar-refractivity contribution in [2.75, 3.05) is 0 Å². The Kier molecular flexibility index (Phi) is 4.95. The molecule has 4 heteroatoms. The summed E-state index contributed by atoms with van der Waals surface area (Å²) in [5.41, 5.74) is 3.34. The molecule has 1 heterocycles. The molecule has 0 saturated heterocycles. The fourth-order valence-electron chi connectivity index (χ4n) is 3.29. The molecule has 0 bridgehead atoms. The Labute approximate surface area is 142 Å². The smallest absolute Gasteiger partial charge is 0.126 e. The van der Waals surface area contributed by atoms with E-state index in [2.05, 4.69) is 48.9 Å². The monoisotopic (exact) mass is 325 g/mol. The molecule has 0 amide bonds. The van der Waals surface area contributed by atoms with E-state index in [1.807, 2.05) is 18.2 Å². The van der Waals surface area contributed by atoms with Gasteiger partial charge in [0, 0.05) is 12.6 Å². The molecular weight excluding hydrogens is 301 g/mol. The second kappa shape index (κ2) is 7.14. The van der Waals surface area contributed by atoms with Gasteiger partial charge in [-0.3, -0.25) is 0 Å². The lowest BCUT2D eigenvalue weighted by Gasteiger charge is -2.20. The molecule has 2 atom stereocenters. The molecule has 0 spiro atoms. The van der Waals surface area contributed by atoms with E-state index in [1.165, 1.54) is 17.6 Å². The van der Waals surface area contributed by atoms with Gasteiger partial charge in [0.1, 0.15) is 11.6 Å². The van der Waals surface area contributed by atoms with Gasteiger partial charge in [-0.25, -0.2) is 9.37 Å². The van der Waals surface area contributed by atoms with E-state index in [4.69, 9.17) is 4.98 Å². The number of nitrogens with zero attached hydrogens (tertiary/aromatic N) is 2. The molecule has 1 N–H and O–H groups in total. The Morgan fingerprint density at radius 1 is 1.08 bits per heavy atom. The van der Waals surface area contributed by atoms with Crippen LogP contribution in [-0.2, 0) is 13.0 Å². The minimum atomic E-state index is -0.190. The number of halogens is 1. The molecule has 0 fully saturated rings. The Hall–Kier alpha value is -2.20. The molecule has 1 aromatic heterocycles. The molecule has 24 heavy (non-hydrogen) atoms. The van der Waals surface area contributed by atoms with E-state index in [1.54, 1.807) is 0 Å². The van der Waals surface area contributed by atoms with Gasteiger partial charge in [-0.1, -0.05) is 24.3 Å². The van der Waals surface area contributed by atoms with Crippen LogP contribution in [0.1, 0.15) is 38.2 Å². The second-order valence-corrected chi connectivity index (χ2v) is 6.32. The minimum absolute atomic E-state index is 0.146. The number of aromatic nitrogens is 2. The maximum absolute atomic E-state index is 13.0. The Morgan fingerprint density at radius 3 is 2.50 bits per heavy atom. The molecule has 0 unspecified atom stereocenters. The number of imidazole rings is 1. The van der Waals surface area contributed by atoms with Gasteiger partial charge in [0.05, 0.1) is 17.1 Å². The average Bonchev–Trinajstić information content (AvgIpc) is 2.95. The first-order valence-electron chi connectivity index (χ1n) is 8.54. The summed E-state index contributed by atoms with van der Waals surface area (Å²) in [5.74, 6) is 0.869. The van der Waals surface area contributed by atoms with Crippen molar-refractivity contribution in [3.63, 3.8) is 0 Å². The highest BCUT2D eigenvalue weighted by atomic mass is 19.1. The SMILES string of the molecule is CCn1c([C@@H](C)N[C@H](C)Cc2ccc(F)cc2)nc2ccccc21. The van der Waals surface area contributed by atoms with Crippen LogP contribution in [0.25, 0.3) is 11.0 Å². The molecule has 126 valence electrons. The maximum atomic E-state index is 13.0. The van der Waals surface area contributed by atoms with Gasteiger partial charge in [0.25, 0.3) is 0 Å². The van der Waals surface area contributed by atoms with Crippen LogP contribution in [0.5, 0.6) is 0 Å².